The van der Waals surface area contributed by atoms with Crippen molar-refractivity contribution in [3.8, 4) is 0 Å². The molecular formula is C9H8ClN3S. The molecule has 2 heterocycles. The maximum Gasteiger partial charge on any atom is 0.207 e. The Balaban J connectivity index is 1.95. The molecule has 0 aliphatic carbocycles. The van der Waals surface area contributed by atoms with Crippen LogP contribution in [0, 0.1) is 0 Å². The fourth-order valence-corrected chi connectivity index (χ4v) is 2.00. The Morgan fingerprint density at radius 1 is 1.29 bits per heavy atom. The molecule has 0 saturated heterocycles. The maximum absolute atomic E-state index is 5.67. The van der Waals surface area contributed by atoms with Gasteiger partial charge in [0.05, 0.1) is 0 Å². The Morgan fingerprint density at radius 2 is 2.21 bits per heavy atom. The molecule has 3 nitrogen and oxygen atoms in total. The molecule has 0 radical (unpaired) electrons. The van der Waals surface area contributed by atoms with Crippen LogP contribution in [0.4, 0.5) is 0 Å². The van der Waals surface area contributed by atoms with Crippen LogP contribution in [-0.4, -0.2) is 15.2 Å². The number of aromatic nitrogens is 3. The molecular weight excluding hydrogens is 218 g/mol. The molecule has 14 heavy (non-hydrogen) atoms. The molecule has 72 valence electrons. The second-order valence-corrected chi connectivity index (χ2v) is 4.45. The lowest BCUT2D eigenvalue weighted by Gasteiger charge is -1.95. The third kappa shape index (κ3) is 2.49. The van der Waals surface area contributed by atoms with Gasteiger partial charge in [-0.05, 0) is 29.7 Å². The number of halogens is 1. The molecule has 0 amide bonds. The van der Waals surface area contributed by atoms with E-state index in [-0.39, 0.29) is 0 Å². The largest absolute Gasteiger partial charge is 0.264 e. The van der Waals surface area contributed by atoms with Crippen LogP contribution in [0.25, 0.3) is 0 Å². The van der Waals surface area contributed by atoms with Crippen molar-refractivity contribution < 1.29 is 0 Å². The number of hydrogen-bond acceptors (Lipinski definition) is 4. The van der Waals surface area contributed by atoms with E-state index in [1.54, 1.807) is 6.20 Å². The van der Waals surface area contributed by atoms with Gasteiger partial charge in [0.25, 0.3) is 0 Å². The fourth-order valence-electron chi connectivity index (χ4n) is 1.13. The van der Waals surface area contributed by atoms with Crippen molar-refractivity contribution >= 4 is 22.9 Å². The van der Waals surface area contributed by atoms with Crippen molar-refractivity contribution in [1.82, 2.24) is 15.2 Å². The summed E-state index contributed by atoms with van der Waals surface area (Å²) < 4.78 is 0.506. The first kappa shape index (κ1) is 9.55. The Labute approximate surface area is 90.8 Å². The van der Waals surface area contributed by atoms with Gasteiger partial charge in [-0.25, -0.2) is 0 Å². The minimum Gasteiger partial charge on any atom is -0.264 e. The average Bonchev–Trinajstić information content (AvgIpc) is 2.63. The molecule has 0 aromatic carbocycles. The van der Waals surface area contributed by atoms with Crippen LogP contribution < -0.4 is 0 Å². The molecule has 0 aliphatic rings. The van der Waals surface area contributed by atoms with Gasteiger partial charge in [-0.3, -0.25) is 4.98 Å². The topological polar surface area (TPSA) is 38.7 Å². The first-order valence-corrected chi connectivity index (χ1v) is 5.41. The third-order valence-electron chi connectivity index (χ3n) is 1.79. The van der Waals surface area contributed by atoms with E-state index in [0.717, 1.165) is 17.8 Å². The quantitative estimate of drug-likeness (QED) is 0.805. The molecule has 0 bridgehead atoms. The molecule has 5 heteroatoms. The second-order valence-electron chi connectivity index (χ2n) is 2.81. The van der Waals surface area contributed by atoms with Crippen molar-refractivity contribution in [1.29, 1.82) is 0 Å². The van der Waals surface area contributed by atoms with E-state index >= 15 is 0 Å². The van der Waals surface area contributed by atoms with Gasteiger partial charge in [-0.2, -0.15) is 0 Å². The zero-order valence-corrected chi connectivity index (χ0v) is 8.92. The van der Waals surface area contributed by atoms with Crippen LogP contribution in [0.1, 0.15) is 10.6 Å². The number of aryl methyl sites for hydroxylation is 2. The van der Waals surface area contributed by atoms with E-state index < -0.39 is 0 Å². The molecule has 0 spiro atoms. The highest BCUT2D eigenvalue weighted by Crippen LogP contribution is 2.16. The minimum absolute atomic E-state index is 0.506. The molecule has 0 unspecified atom stereocenters. The lowest BCUT2D eigenvalue weighted by Crippen LogP contribution is -1.90. The van der Waals surface area contributed by atoms with Crippen LogP contribution in [0.15, 0.2) is 24.5 Å². The van der Waals surface area contributed by atoms with Crippen LogP contribution in [0.5, 0.6) is 0 Å². The molecule has 0 N–H and O–H groups in total. The molecule has 0 atom stereocenters. The number of nitrogens with zero attached hydrogens (tertiary/aromatic N) is 3. The van der Waals surface area contributed by atoms with Crippen molar-refractivity contribution in [2.24, 2.45) is 0 Å². The van der Waals surface area contributed by atoms with Gasteiger partial charge in [0.2, 0.25) is 4.47 Å². The summed E-state index contributed by atoms with van der Waals surface area (Å²) in [6.45, 7) is 0. The number of rotatable bonds is 3. The Kier molecular flexibility index (Phi) is 3.06. The zero-order chi connectivity index (χ0) is 9.80. The van der Waals surface area contributed by atoms with Crippen LogP contribution in [0.2, 0.25) is 4.47 Å². The first-order valence-electron chi connectivity index (χ1n) is 4.21. The van der Waals surface area contributed by atoms with Gasteiger partial charge < -0.3 is 0 Å². The predicted molar refractivity (Wildman–Crippen MR) is 56.6 cm³/mol. The normalized spacial score (nSPS) is 10.4. The average molecular weight is 226 g/mol. The highest BCUT2D eigenvalue weighted by Gasteiger charge is 2.01. The van der Waals surface area contributed by atoms with Gasteiger partial charge in [-0.15, -0.1) is 10.2 Å². The van der Waals surface area contributed by atoms with E-state index in [4.69, 9.17) is 11.6 Å². The van der Waals surface area contributed by atoms with E-state index in [0.29, 0.717) is 4.47 Å². The summed E-state index contributed by atoms with van der Waals surface area (Å²) in [7, 11) is 0. The number of pyridine rings is 1. The Hall–Kier alpha value is -1.00. The minimum atomic E-state index is 0.506. The van der Waals surface area contributed by atoms with E-state index in [2.05, 4.69) is 21.2 Å². The van der Waals surface area contributed by atoms with Crippen molar-refractivity contribution in [3.05, 3.63) is 39.6 Å². The van der Waals surface area contributed by atoms with Gasteiger partial charge >= 0.3 is 0 Å². The summed E-state index contributed by atoms with van der Waals surface area (Å²) in [5, 5.41) is 8.67. The smallest absolute Gasteiger partial charge is 0.207 e. The third-order valence-corrected chi connectivity index (χ3v) is 2.87. The predicted octanol–water partition coefficient (Wildman–Crippen LogP) is 2.37. The summed E-state index contributed by atoms with van der Waals surface area (Å²) >= 11 is 7.10. The highest BCUT2D eigenvalue weighted by molar-refractivity contribution is 7.15. The summed E-state index contributed by atoms with van der Waals surface area (Å²) in [5.41, 5.74) is 1.21. The summed E-state index contributed by atoms with van der Waals surface area (Å²) in [6.07, 6.45) is 5.43. The molecule has 2 aromatic rings. The number of hydrogen-bond donors (Lipinski definition) is 0. The highest BCUT2D eigenvalue weighted by atomic mass is 35.5. The lowest BCUT2D eigenvalue weighted by molar-refractivity contribution is 0.899. The van der Waals surface area contributed by atoms with E-state index in [1.165, 1.54) is 16.9 Å². The molecule has 2 aromatic heterocycles. The van der Waals surface area contributed by atoms with E-state index in [1.807, 2.05) is 12.3 Å². The van der Waals surface area contributed by atoms with Gasteiger partial charge in [0.1, 0.15) is 5.01 Å². The summed E-state index contributed by atoms with van der Waals surface area (Å²) in [6, 6.07) is 3.98. The zero-order valence-electron chi connectivity index (χ0n) is 7.35. The van der Waals surface area contributed by atoms with E-state index in [9.17, 15) is 0 Å². The van der Waals surface area contributed by atoms with Crippen LogP contribution >= 0.6 is 22.9 Å². The Bertz CT molecular complexity index is 401. The second kappa shape index (κ2) is 4.48. The molecule has 2 rings (SSSR count). The van der Waals surface area contributed by atoms with Crippen LogP contribution in [-0.2, 0) is 12.8 Å². The molecule has 0 aliphatic heterocycles. The SMILES string of the molecule is Clc1nnc(CCc2cccnc2)s1. The van der Waals surface area contributed by atoms with Crippen molar-refractivity contribution in [2.45, 2.75) is 12.8 Å². The van der Waals surface area contributed by atoms with Gasteiger partial charge in [0.15, 0.2) is 0 Å². The van der Waals surface area contributed by atoms with Crippen LogP contribution in [0.3, 0.4) is 0 Å². The summed E-state index contributed by atoms with van der Waals surface area (Å²) in [4.78, 5) is 4.04. The van der Waals surface area contributed by atoms with Crippen molar-refractivity contribution in [2.75, 3.05) is 0 Å². The Morgan fingerprint density at radius 3 is 2.86 bits per heavy atom. The monoisotopic (exact) mass is 225 g/mol. The standard InChI is InChI=1S/C9H8ClN3S/c10-9-13-12-8(14-9)4-3-7-2-1-5-11-6-7/h1-2,5-6H,3-4H2. The molecule has 0 fully saturated rings. The maximum atomic E-state index is 5.67. The summed E-state index contributed by atoms with van der Waals surface area (Å²) in [5.74, 6) is 0. The van der Waals surface area contributed by atoms with Crippen molar-refractivity contribution in [3.63, 3.8) is 0 Å². The van der Waals surface area contributed by atoms with Gasteiger partial charge in [0, 0.05) is 18.8 Å². The lowest BCUT2D eigenvalue weighted by atomic mass is 10.2. The molecule has 0 saturated carbocycles. The van der Waals surface area contributed by atoms with Gasteiger partial charge in [-0.1, -0.05) is 17.4 Å². The first-order chi connectivity index (χ1) is 6.84. The fraction of sp³-hybridized carbons (Fsp3) is 0.222.